The van der Waals surface area contributed by atoms with Crippen LogP contribution in [0.2, 0.25) is 0 Å². The SMILES string of the molecule is CC(C)CCC[C@@H](C)[C@H]1CC[C@@]2(C)C3=C(CC[C@]12C)[C@@]1(C)CCC(=O)[C@@H](C)[C@@H]1CC3=O. The Morgan fingerprint density at radius 3 is 2.35 bits per heavy atom. The van der Waals surface area contributed by atoms with Gasteiger partial charge in [0, 0.05) is 29.7 Å². The molecule has 2 fully saturated rings. The van der Waals surface area contributed by atoms with E-state index in [4.69, 9.17) is 0 Å². The Morgan fingerprint density at radius 1 is 0.968 bits per heavy atom. The van der Waals surface area contributed by atoms with E-state index < -0.39 is 0 Å². The molecule has 0 spiro atoms. The molecule has 0 aliphatic heterocycles. The molecule has 0 aromatic heterocycles. The second kappa shape index (κ2) is 7.84. The summed E-state index contributed by atoms with van der Waals surface area (Å²) in [6.45, 7) is 16.6. The average molecular weight is 427 g/mol. The van der Waals surface area contributed by atoms with Gasteiger partial charge in [-0.3, -0.25) is 9.59 Å². The smallest absolute Gasteiger partial charge is 0.159 e. The number of hydrogen-bond donors (Lipinski definition) is 0. The quantitative estimate of drug-likeness (QED) is 0.454. The maximum atomic E-state index is 13.7. The van der Waals surface area contributed by atoms with Crippen LogP contribution in [-0.2, 0) is 9.59 Å². The van der Waals surface area contributed by atoms with E-state index in [1.54, 1.807) is 0 Å². The highest BCUT2D eigenvalue weighted by molar-refractivity contribution is 6.00. The molecule has 4 aliphatic rings. The summed E-state index contributed by atoms with van der Waals surface area (Å²) in [5.74, 6) is 3.28. The number of rotatable bonds is 5. The lowest BCUT2D eigenvalue weighted by atomic mass is 9.45. The Hall–Kier alpha value is -0.920. The molecule has 7 atom stereocenters. The molecule has 0 unspecified atom stereocenters. The van der Waals surface area contributed by atoms with Crippen LogP contribution in [0.1, 0.15) is 113 Å². The largest absolute Gasteiger partial charge is 0.299 e. The van der Waals surface area contributed by atoms with Crippen LogP contribution >= 0.6 is 0 Å². The van der Waals surface area contributed by atoms with Gasteiger partial charge < -0.3 is 0 Å². The van der Waals surface area contributed by atoms with E-state index in [2.05, 4.69) is 48.5 Å². The number of fused-ring (bicyclic) bond motifs is 4. The lowest BCUT2D eigenvalue weighted by Gasteiger charge is -2.58. The molecule has 2 saturated carbocycles. The number of carbonyl (C=O) groups excluding carboxylic acids is 2. The van der Waals surface area contributed by atoms with Gasteiger partial charge in [0.2, 0.25) is 0 Å². The van der Waals surface area contributed by atoms with Crippen molar-refractivity contribution in [2.75, 3.05) is 0 Å². The molecule has 0 N–H and O–H groups in total. The molecule has 2 heteroatoms. The number of ketones is 2. The molecule has 2 nitrogen and oxygen atoms in total. The van der Waals surface area contributed by atoms with Crippen LogP contribution in [0.4, 0.5) is 0 Å². The normalized spacial score (nSPS) is 43.7. The lowest BCUT2D eigenvalue weighted by Crippen LogP contribution is -2.53. The summed E-state index contributed by atoms with van der Waals surface area (Å²) in [4.78, 5) is 26.2. The second-order valence-electron chi connectivity index (χ2n) is 13.0. The molecular weight excluding hydrogens is 380 g/mol. The minimum Gasteiger partial charge on any atom is -0.299 e. The summed E-state index contributed by atoms with van der Waals surface area (Å²) < 4.78 is 0. The number of allylic oxidation sites excluding steroid dienone is 2. The molecule has 0 heterocycles. The first kappa shape index (κ1) is 23.2. The zero-order chi connectivity index (χ0) is 22.8. The van der Waals surface area contributed by atoms with E-state index in [0.717, 1.165) is 30.6 Å². The molecule has 174 valence electrons. The van der Waals surface area contributed by atoms with E-state index in [0.29, 0.717) is 24.4 Å². The number of hydrogen-bond acceptors (Lipinski definition) is 2. The zero-order valence-electron chi connectivity index (χ0n) is 21.3. The Labute approximate surface area is 191 Å². The van der Waals surface area contributed by atoms with Gasteiger partial charge in [0.25, 0.3) is 0 Å². The van der Waals surface area contributed by atoms with Crippen LogP contribution in [0.25, 0.3) is 0 Å². The average Bonchev–Trinajstić information content (AvgIpc) is 2.98. The predicted molar refractivity (Wildman–Crippen MR) is 128 cm³/mol. The second-order valence-corrected chi connectivity index (χ2v) is 13.0. The fourth-order valence-corrected chi connectivity index (χ4v) is 8.83. The molecule has 4 rings (SSSR count). The van der Waals surface area contributed by atoms with Crippen LogP contribution in [0.15, 0.2) is 11.1 Å². The third kappa shape index (κ3) is 3.33. The third-order valence-corrected chi connectivity index (χ3v) is 11.1. The highest BCUT2D eigenvalue weighted by atomic mass is 16.1. The van der Waals surface area contributed by atoms with Crippen LogP contribution in [0, 0.1) is 45.8 Å². The molecule has 0 bridgehead atoms. The molecule has 0 aromatic carbocycles. The van der Waals surface area contributed by atoms with E-state index in [-0.39, 0.29) is 28.1 Å². The third-order valence-electron chi connectivity index (χ3n) is 11.1. The van der Waals surface area contributed by atoms with Crippen molar-refractivity contribution in [2.24, 2.45) is 45.8 Å². The minimum atomic E-state index is 0.0211. The summed E-state index contributed by atoms with van der Waals surface area (Å²) >= 11 is 0. The lowest BCUT2D eigenvalue weighted by molar-refractivity contribution is -0.134. The molecular formula is C29H46O2. The Balaban J connectivity index is 1.67. The maximum absolute atomic E-state index is 13.7. The van der Waals surface area contributed by atoms with Gasteiger partial charge in [-0.25, -0.2) is 0 Å². The molecule has 0 saturated heterocycles. The van der Waals surface area contributed by atoms with E-state index in [1.165, 1.54) is 49.7 Å². The van der Waals surface area contributed by atoms with Gasteiger partial charge >= 0.3 is 0 Å². The predicted octanol–water partition coefficient (Wildman–Crippen LogP) is 7.56. The first-order valence-corrected chi connectivity index (χ1v) is 13.3. The van der Waals surface area contributed by atoms with Crippen LogP contribution in [-0.4, -0.2) is 11.6 Å². The van der Waals surface area contributed by atoms with Crippen molar-refractivity contribution < 1.29 is 9.59 Å². The zero-order valence-corrected chi connectivity index (χ0v) is 21.3. The fraction of sp³-hybridized carbons (Fsp3) is 0.862. The van der Waals surface area contributed by atoms with Crippen molar-refractivity contribution in [2.45, 2.75) is 113 Å². The van der Waals surface area contributed by atoms with E-state index in [9.17, 15) is 9.59 Å². The summed E-state index contributed by atoms with van der Waals surface area (Å²) in [5.41, 5.74) is 3.02. The molecule has 0 amide bonds. The van der Waals surface area contributed by atoms with Gasteiger partial charge in [0.1, 0.15) is 5.78 Å². The van der Waals surface area contributed by atoms with Gasteiger partial charge in [0.15, 0.2) is 5.78 Å². The molecule has 0 aromatic rings. The summed E-state index contributed by atoms with van der Waals surface area (Å²) in [6, 6.07) is 0. The van der Waals surface area contributed by atoms with Crippen LogP contribution < -0.4 is 0 Å². The van der Waals surface area contributed by atoms with Crippen LogP contribution in [0.5, 0.6) is 0 Å². The van der Waals surface area contributed by atoms with Crippen molar-refractivity contribution in [3.8, 4) is 0 Å². The summed E-state index contributed by atoms with van der Waals surface area (Å²) in [6.07, 6.45) is 11.0. The van der Waals surface area contributed by atoms with Gasteiger partial charge in [-0.1, -0.05) is 73.3 Å². The van der Waals surface area contributed by atoms with Gasteiger partial charge in [-0.2, -0.15) is 0 Å². The molecule has 31 heavy (non-hydrogen) atoms. The number of Topliss-reactive ketones (excluding diaryl/α,β-unsaturated/α-hetero) is 2. The Bertz CT molecular complexity index is 791. The Kier molecular flexibility index (Phi) is 5.88. The standard InChI is InChI=1S/C29H46O2/c1-18(2)9-8-10-19(3)21-11-16-29(7)26-22(12-15-28(21,29)6)27(5)14-13-24(30)20(4)23(27)17-25(26)31/h18-21,23H,8-17H2,1-7H3/t19-,20+,21-,23+,27-,28-,29+/m1/s1. The highest BCUT2D eigenvalue weighted by Crippen LogP contribution is 2.70. The van der Waals surface area contributed by atoms with Crippen LogP contribution in [0.3, 0.4) is 0 Å². The first-order valence-electron chi connectivity index (χ1n) is 13.3. The number of carbonyl (C=O) groups is 2. The fourth-order valence-electron chi connectivity index (χ4n) is 8.83. The van der Waals surface area contributed by atoms with E-state index >= 15 is 0 Å². The van der Waals surface area contributed by atoms with Gasteiger partial charge in [0.05, 0.1) is 0 Å². The summed E-state index contributed by atoms with van der Waals surface area (Å²) in [5, 5.41) is 0. The van der Waals surface area contributed by atoms with Crippen molar-refractivity contribution >= 4 is 11.6 Å². The monoisotopic (exact) mass is 426 g/mol. The van der Waals surface area contributed by atoms with E-state index in [1.807, 2.05) is 0 Å². The van der Waals surface area contributed by atoms with Gasteiger partial charge in [-0.05, 0) is 66.6 Å². The highest BCUT2D eigenvalue weighted by Gasteiger charge is 2.64. The molecule has 0 radical (unpaired) electrons. The van der Waals surface area contributed by atoms with Crippen molar-refractivity contribution in [3.63, 3.8) is 0 Å². The van der Waals surface area contributed by atoms with Crippen molar-refractivity contribution in [1.29, 1.82) is 0 Å². The first-order chi connectivity index (χ1) is 14.5. The van der Waals surface area contributed by atoms with Gasteiger partial charge in [-0.15, -0.1) is 0 Å². The van der Waals surface area contributed by atoms with Crippen molar-refractivity contribution in [3.05, 3.63) is 11.1 Å². The van der Waals surface area contributed by atoms with Crippen molar-refractivity contribution in [1.82, 2.24) is 0 Å². The topological polar surface area (TPSA) is 34.1 Å². The maximum Gasteiger partial charge on any atom is 0.159 e. The molecule has 4 aliphatic carbocycles. The summed E-state index contributed by atoms with van der Waals surface area (Å²) in [7, 11) is 0. The Morgan fingerprint density at radius 2 is 1.68 bits per heavy atom. The minimum absolute atomic E-state index is 0.0211.